The molecule has 1 fully saturated rings. The van der Waals surface area contributed by atoms with Crippen LogP contribution >= 0.6 is 0 Å². The van der Waals surface area contributed by atoms with E-state index in [9.17, 15) is 14.9 Å². The molecule has 26 heavy (non-hydrogen) atoms. The molecule has 1 aliphatic heterocycles. The maximum Gasteiger partial charge on any atom is 0.410 e. The number of hydrogen-bond donors (Lipinski definition) is 0. The van der Waals surface area contributed by atoms with Crippen molar-refractivity contribution in [2.45, 2.75) is 45.1 Å². The number of benzene rings is 1. The van der Waals surface area contributed by atoms with Crippen LogP contribution in [0.3, 0.4) is 0 Å². The minimum atomic E-state index is -0.500. The molecule has 0 bridgehead atoms. The van der Waals surface area contributed by atoms with Gasteiger partial charge in [-0.3, -0.25) is 14.8 Å². The van der Waals surface area contributed by atoms with Crippen molar-refractivity contribution in [2.24, 2.45) is 7.05 Å². The number of piperidine rings is 1. The van der Waals surface area contributed by atoms with Crippen LogP contribution in [0.4, 0.5) is 10.5 Å². The lowest BCUT2D eigenvalue weighted by molar-refractivity contribution is -0.384. The van der Waals surface area contributed by atoms with E-state index in [1.54, 1.807) is 28.8 Å². The summed E-state index contributed by atoms with van der Waals surface area (Å²) in [7, 11) is 1.80. The lowest BCUT2D eigenvalue weighted by Crippen LogP contribution is -2.41. The molecule has 1 saturated heterocycles. The average Bonchev–Trinajstić information content (AvgIpc) is 2.90. The molecule has 140 valence electrons. The van der Waals surface area contributed by atoms with Crippen LogP contribution in [0.1, 0.15) is 45.2 Å². The lowest BCUT2D eigenvalue weighted by Gasteiger charge is -2.33. The minimum Gasteiger partial charge on any atom is -0.444 e. The normalized spacial score (nSPS) is 16.1. The average molecular weight is 360 g/mol. The first-order valence-electron chi connectivity index (χ1n) is 8.74. The van der Waals surface area contributed by atoms with E-state index in [1.165, 1.54) is 6.07 Å². The van der Waals surface area contributed by atoms with E-state index < -0.39 is 10.5 Å². The highest BCUT2D eigenvalue weighted by atomic mass is 16.6. The summed E-state index contributed by atoms with van der Waals surface area (Å²) in [6.45, 7) is 6.81. The second kappa shape index (κ2) is 6.59. The maximum atomic E-state index is 12.2. The number of nitro benzene ring substituents is 1. The molecule has 1 amide bonds. The molecule has 0 atom stereocenters. The van der Waals surface area contributed by atoms with Gasteiger partial charge in [0, 0.05) is 43.6 Å². The Balaban J connectivity index is 1.76. The van der Waals surface area contributed by atoms with E-state index in [0.29, 0.717) is 13.1 Å². The number of non-ortho nitro benzene ring substituents is 1. The molecular formula is C18H24N4O4. The van der Waals surface area contributed by atoms with Gasteiger partial charge in [0.25, 0.3) is 5.69 Å². The summed E-state index contributed by atoms with van der Waals surface area (Å²) in [6.07, 6.45) is 1.31. The van der Waals surface area contributed by atoms with Crippen molar-refractivity contribution >= 4 is 22.7 Å². The Morgan fingerprint density at radius 1 is 1.31 bits per heavy atom. The van der Waals surface area contributed by atoms with Gasteiger partial charge < -0.3 is 9.64 Å². The maximum absolute atomic E-state index is 12.2. The first kappa shape index (κ1) is 18.2. The third kappa shape index (κ3) is 3.63. The van der Waals surface area contributed by atoms with Crippen LogP contribution in [-0.2, 0) is 11.8 Å². The summed E-state index contributed by atoms with van der Waals surface area (Å²) < 4.78 is 7.12. The number of nitro groups is 1. The fourth-order valence-electron chi connectivity index (χ4n) is 3.35. The van der Waals surface area contributed by atoms with Crippen molar-refractivity contribution in [2.75, 3.05) is 13.1 Å². The van der Waals surface area contributed by atoms with Crippen LogP contribution in [-0.4, -0.2) is 44.4 Å². The predicted octanol–water partition coefficient (Wildman–Crippen LogP) is 3.60. The van der Waals surface area contributed by atoms with Gasteiger partial charge in [0.15, 0.2) is 0 Å². The third-order valence-electron chi connectivity index (χ3n) is 4.61. The number of hydrogen-bond acceptors (Lipinski definition) is 5. The number of aryl methyl sites for hydroxylation is 1. The summed E-state index contributed by atoms with van der Waals surface area (Å²) in [5.74, 6) is 0.221. The molecular weight excluding hydrogens is 336 g/mol. The second-order valence-electron chi connectivity index (χ2n) is 7.71. The molecule has 2 heterocycles. The van der Waals surface area contributed by atoms with Gasteiger partial charge in [-0.2, -0.15) is 5.10 Å². The highest BCUT2D eigenvalue weighted by molar-refractivity contribution is 5.84. The molecule has 0 saturated carbocycles. The predicted molar refractivity (Wildman–Crippen MR) is 97.2 cm³/mol. The number of fused-ring (bicyclic) bond motifs is 1. The van der Waals surface area contributed by atoms with Gasteiger partial charge in [0.2, 0.25) is 0 Å². The van der Waals surface area contributed by atoms with Crippen molar-refractivity contribution in [3.05, 3.63) is 34.0 Å². The minimum absolute atomic E-state index is 0.0618. The van der Waals surface area contributed by atoms with Crippen LogP contribution in [0.5, 0.6) is 0 Å². The number of aromatic nitrogens is 2. The van der Waals surface area contributed by atoms with Crippen molar-refractivity contribution in [3.63, 3.8) is 0 Å². The van der Waals surface area contributed by atoms with Crippen molar-refractivity contribution in [3.8, 4) is 0 Å². The molecule has 8 nitrogen and oxygen atoms in total. The van der Waals surface area contributed by atoms with Crippen molar-refractivity contribution in [1.82, 2.24) is 14.7 Å². The largest absolute Gasteiger partial charge is 0.444 e. The fourth-order valence-corrected chi connectivity index (χ4v) is 3.35. The van der Waals surface area contributed by atoms with Gasteiger partial charge in [-0.05, 0) is 39.7 Å². The zero-order chi connectivity index (χ0) is 19.1. The first-order valence-corrected chi connectivity index (χ1v) is 8.74. The number of ether oxygens (including phenoxy) is 1. The Labute approximate surface area is 151 Å². The monoisotopic (exact) mass is 360 g/mol. The topological polar surface area (TPSA) is 90.5 Å². The zero-order valence-corrected chi connectivity index (χ0v) is 15.6. The number of carbonyl (C=O) groups is 1. The number of amides is 1. The first-order chi connectivity index (χ1) is 12.2. The van der Waals surface area contributed by atoms with Crippen molar-refractivity contribution < 1.29 is 14.5 Å². The molecule has 1 aliphatic rings. The van der Waals surface area contributed by atoms with Gasteiger partial charge >= 0.3 is 6.09 Å². The molecule has 0 spiro atoms. The molecule has 0 unspecified atom stereocenters. The van der Waals surface area contributed by atoms with Crippen LogP contribution in [0.25, 0.3) is 10.9 Å². The van der Waals surface area contributed by atoms with E-state index >= 15 is 0 Å². The van der Waals surface area contributed by atoms with Crippen LogP contribution < -0.4 is 0 Å². The Hall–Kier alpha value is -2.64. The van der Waals surface area contributed by atoms with Gasteiger partial charge in [-0.15, -0.1) is 0 Å². The summed E-state index contributed by atoms with van der Waals surface area (Å²) in [4.78, 5) is 24.5. The molecule has 0 radical (unpaired) electrons. The Morgan fingerprint density at radius 2 is 1.96 bits per heavy atom. The van der Waals surface area contributed by atoms with Gasteiger partial charge in [-0.25, -0.2) is 4.79 Å². The number of carbonyl (C=O) groups excluding carboxylic acids is 1. The molecule has 0 aliphatic carbocycles. The Morgan fingerprint density at radius 3 is 2.54 bits per heavy atom. The number of nitrogens with zero attached hydrogens (tertiary/aromatic N) is 4. The van der Waals surface area contributed by atoms with Crippen LogP contribution in [0.2, 0.25) is 0 Å². The Bertz CT molecular complexity index is 845. The SMILES string of the molecule is Cn1nc(C2CCN(C(=O)OC(C)(C)C)CC2)c2ccc([N+](=O)[O-])cc21. The zero-order valence-electron chi connectivity index (χ0n) is 15.6. The highest BCUT2D eigenvalue weighted by Gasteiger charge is 2.29. The molecule has 0 N–H and O–H groups in total. The van der Waals surface area contributed by atoms with E-state index in [2.05, 4.69) is 5.10 Å². The second-order valence-corrected chi connectivity index (χ2v) is 7.71. The van der Waals surface area contributed by atoms with Crippen LogP contribution in [0, 0.1) is 10.1 Å². The van der Waals surface area contributed by atoms with E-state index in [-0.39, 0.29) is 17.7 Å². The van der Waals surface area contributed by atoms with E-state index in [4.69, 9.17) is 4.74 Å². The molecule has 2 aromatic rings. The van der Waals surface area contributed by atoms with E-state index in [1.807, 2.05) is 20.8 Å². The molecule has 1 aromatic heterocycles. The summed E-state index contributed by atoms with van der Waals surface area (Å²) in [5.41, 5.74) is 1.26. The summed E-state index contributed by atoms with van der Waals surface area (Å²) in [6, 6.07) is 4.85. The fraction of sp³-hybridized carbons (Fsp3) is 0.556. The van der Waals surface area contributed by atoms with Crippen LogP contribution in [0.15, 0.2) is 18.2 Å². The molecule has 3 rings (SSSR count). The Kier molecular flexibility index (Phi) is 4.60. The quantitative estimate of drug-likeness (QED) is 0.603. The highest BCUT2D eigenvalue weighted by Crippen LogP contribution is 2.34. The number of likely N-dealkylation sites (tertiary alicyclic amines) is 1. The summed E-state index contributed by atoms with van der Waals surface area (Å²) in [5, 5.41) is 16.5. The smallest absolute Gasteiger partial charge is 0.410 e. The summed E-state index contributed by atoms with van der Waals surface area (Å²) >= 11 is 0. The molecule has 1 aromatic carbocycles. The third-order valence-corrected chi connectivity index (χ3v) is 4.61. The van der Waals surface area contributed by atoms with Gasteiger partial charge in [0.1, 0.15) is 5.60 Å². The van der Waals surface area contributed by atoms with E-state index in [0.717, 1.165) is 29.4 Å². The standard InChI is InChI=1S/C18H24N4O4/c1-18(2,3)26-17(23)21-9-7-12(8-10-21)16-14-6-5-13(22(24)25)11-15(14)20(4)19-16/h5-6,11-12H,7-10H2,1-4H3. The number of rotatable bonds is 2. The molecule has 8 heteroatoms. The van der Waals surface area contributed by atoms with Crippen molar-refractivity contribution in [1.29, 1.82) is 0 Å². The van der Waals surface area contributed by atoms with Gasteiger partial charge in [0.05, 0.1) is 16.1 Å². The lowest BCUT2D eigenvalue weighted by atomic mass is 9.92. The van der Waals surface area contributed by atoms with Gasteiger partial charge in [-0.1, -0.05) is 0 Å².